The third kappa shape index (κ3) is 3.42. The van der Waals surface area contributed by atoms with Crippen molar-refractivity contribution in [1.29, 1.82) is 0 Å². The smallest absolute Gasteiger partial charge is 0.319 e. The second-order valence-electron chi connectivity index (χ2n) is 8.00. The molecule has 1 aliphatic carbocycles. The van der Waals surface area contributed by atoms with E-state index in [-0.39, 0.29) is 5.75 Å². The molecule has 1 heterocycles. The van der Waals surface area contributed by atoms with Crippen LogP contribution in [-0.4, -0.2) is 22.8 Å². The van der Waals surface area contributed by atoms with E-state index < -0.39 is 35.4 Å². The molecule has 0 fully saturated rings. The number of aliphatic hydroxyl groups excluding tert-OH is 1. The van der Waals surface area contributed by atoms with Gasteiger partial charge in [-0.15, -0.1) is 0 Å². The molecule has 0 radical (unpaired) electrons. The van der Waals surface area contributed by atoms with Gasteiger partial charge in [0, 0.05) is 24.1 Å². The molecule has 0 bridgehead atoms. The molecule has 2 aromatic rings. The lowest BCUT2D eigenvalue weighted by Crippen LogP contribution is -2.43. The summed E-state index contributed by atoms with van der Waals surface area (Å²) in [6, 6.07) is 7.04. The molecule has 4 rings (SSSR count). The summed E-state index contributed by atoms with van der Waals surface area (Å²) in [5, 5.41) is 15.5. The van der Waals surface area contributed by atoms with Crippen LogP contribution in [0, 0.1) is 11.6 Å². The van der Waals surface area contributed by atoms with Gasteiger partial charge in [0.25, 0.3) is 0 Å². The van der Waals surface area contributed by atoms with Crippen molar-refractivity contribution >= 4 is 11.7 Å². The summed E-state index contributed by atoms with van der Waals surface area (Å²) in [6.07, 6.45) is 1.02. The third-order valence-electron chi connectivity index (χ3n) is 5.25. The van der Waals surface area contributed by atoms with E-state index in [0.717, 1.165) is 17.2 Å². The lowest BCUT2D eigenvalue weighted by atomic mass is 9.89. The lowest BCUT2D eigenvalue weighted by molar-refractivity contribution is 0.0619. The highest BCUT2D eigenvalue weighted by molar-refractivity contribution is 5.90. The Bertz CT molecular complexity index is 945. The van der Waals surface area contributed by atoms with Gasteiger partial charge in [-0.1, -0.05) is 18.2 Å². The number of urea groups is 1. The first-order valence-corrected chi connectivity index (χ1v) is 9.27. The molecule has 2 amide bonds. The molecule has 3 N–H and O–H groups in total. The predicted molar refractivity (Wildman–Crippen MR) is 100 cm³/mol. The van der Waals surface area contributed by atoms with Gasteiger partial charge in [-0.25, -0.2) is 9.18 Å². The normalized spacial score (nSPS) is 22.0. The molecule has 28 heavy (non-hydrogen) atoms. The highest BCUT2D eigenvalue weighted by Gasteiger charge is 2.37. The van der Waals surface area contributed by atoms with E-state index in [1.165, 1.54) is 6.07 Å². The number of ether oxygens (including phenoxy) is 1. The fraction of sp³-hybridized carbons (Fsp3) is 0.381. The Labute approximate surface area is 161 Å². The number of carbonyl (C=O) groups is 1. The summed E-state index contributed by atoms with van der Waals surface area (Å²) in [6.45, 7) is 3.52. The van der Waals surface area contributed by atoms with Gasteiger partial charge in [0.05, 0.1) is 12.1 Å². The van der Waals surface area contributed by atoms with Crippen LogP contribution < -0.4 is 15.4 Å². The van der Waals surface area contributed by atoms with Crippen LogP contribution in [0.1, 0.15) is 43.0 Å². The zero-order valence-corrected chi connectivity index (χ0v) is 15.7. The Kier molecular flexibility index (Phi) is 4.50. The number of hydrogen-bond donors (Lipinski definition) is 3. The van der Waals surface area contributed by atoms with Gasteiger partial charge in [0.1, 0.15) is 5.60 Å². The summed E-state index contributed by atoms with van der Waals surface area (Å²) in [5.74, 6) is -2.20. The SMILES string of the molecule is CC1(C)CC(NC(=O)Nc2cccc3c2CC(O)C3)c2ccc(F)c(F)c2O1. The molecular weight excluding hydrogens is 366 g/mol. The van der Waals surface area contributed by atoms with Crippen molar-refractivity contribution in [3.05, 3.63) is 58.7 Å². The predicted octanol–water partition coefficient (Wildman–Crippen LogP) is 3.85. The maximum atomic E-state index is 14.2. The van der Waals surface area contributed by atoms with Gasteiger partial charge in [0.2, 0.25) is 5.82 Å². The number of halogens is 2. The zero-order valence-electron chi connectivity index (χ0n) is 15.7. The first-order valence-electron chi connectivity index (χ1n) is 9.27. The fourth-order valence-electron chi connectivity index (χ4n) is 4.04. The Morgan fingerprint density at radius 2 is 2.00 bits per heavy atom. The van der Waals surface area contributed by atoms with Crippen molar-refractivity contribution in [3.63, 3.8) is 0 Å². The van der Waals surface area contributed by atoms with Gasteiger partial charge < -0.3 is 20.5 Å². The second kappa shape index (κ2) is 6.74. The van der Waals surface area contributed by atoms with E-state index in [0.29, 0.717) is 30.5 Å². The van der Waals surface area contributed by atoms with Crippen LogP contribution in [0.15, 0.2) is 30.3 Å². The van der Waals surface area contributed by atoms with Crippen LogP contribution in [0.25, 0.3) is 0 Å². The van der Waals surface area contributed by atoms with Crippen LogP contribution >= 0.6 is 0 Å². The van der Waals surface area contributed by atoms with Crippen molar-refractivity contribution in [3.8, 4) is 5.75 Å². The molecule has 7 heteroatoms. The van der Waals surface area contributed by atoms with Gasteiger partial charge >= 0.3 is 6.03 Å². The fourth-order valence-corrected chi connectivity index (χ4v) is 4.04. The highest BCUT2D eigenvalue weighted by atomic mass is 19.2. The Balaban J connectivity index is 1.56. The van der Waals surface area contributed by atoms with E-state index in [4.69, 9.17) is 4.74 Å². The molecule has 2 aliphatic rings. The standard InChI is InChI=1S/C21H22F2N2O3/c1-21(2)10-17(13-6-7-15(22)18(23)19(13)28-21)25-20(27)24-16-5-3-4-11-8-12(26)9-14(11)16/h3-7,12,17,26H,8-10H2,1-2H3,(H2,24,25,27). The largest absolute Gasteiger partial charge is 0.484 e. The van der Waals surface area contributed by atoms with Crippen LogP contribution in [0.5, 0.6) is 5.75 Å². The maximum Gasteiger partial charge on any atom is 0.319 e. The third-order valence-corrected chi connectivity index (χ3v) is 5.25. The quantitative estimate of drug-likeness (QED) is 0.732. The van der Waals surface area contributed by atoms with Crippen LogP contribution in [0.2, 0.25) is 0 Å². The summed E-state index contributed by atoms with van der Waals surface area (Å²) < 4.78 is 33.5. The number of hydrogen-bond acceptors (Lipinski definition) is 3. The van der Waals surface area contributed by atoms with Gasteiger partial charge in [-0.2, -0.15) is 4.39 Å². The lowest BCUT2D eigenvalue weighted by Gasteiger charge is -2.38. The number of benzene rings is 2. The molecule has 2 atom stereocenters. The monoisotopic (exact) mass is 388 g/mol. The minimum absolute atomic E-state index is 0.162. The summed E-state index contributed by atoms with van der Waals surface area (Å²) in [5.41, 5.74) is 2.22. The zero-order chi connectivity index (χ0) is 20.1. The number of rotatable bonds is 2. The van der Waals surface area contributed by atoms with Gasteiger partial charge in [-0.3, -0.25) is 0 Å². The minimum Gasteiger partial charge on any atom is -0.484 e. The van der Waals surface area contributed by atoms with E-state index >= 15 is 0 Å². The van der Waals surface area contributed by atoms with E-state index in [1.807, 2.05) is 12.1 Å². The summed E-state index contributed by atoms with van der Waals surface area (Å²) >= 11 is 0. The maximum absolute atomic E-state index is 14.2. The molecule has 1 aliphatic heterocycles. The Morgan fingerprint density at radius 1 is 1.21 bits per heavy atom. The van der Waals surface area contributed by atoms with Crippen molar-refractivity contribution in [2.75, 3.05) is 5.32 Å². The van der Waals surface area contributed by atoms with E-state index in [1.54, 1.807) is 19.9 Å². The van der Waals surface area contributed by atoms with Crippen molar-refractivity contribution in [1.82, 2.24) is 5.32 Å². The second-order valence-corrected chi connectivity index (χ2v) is 8.00. The van der Waals surface area contributed by atoms with Crippen LogP contribution in [-0.2, 0) is 12.8 Å². The van der Waals surface area contributed by atoms with Crippen molar-refractivity contribution in [2.24, 2.45) is 0 Å². The number of fused-ring (bicyclic) bond motifs is 2. The van der Waals surface area contributed by atoms with Crippen LogP contribution in [0.3, 0.4) is 0 Å². The first-order chi connectivity index (χ1) is 13.2. The first kappa shape index (κ1) is 18.7. The number of nitrogens with one attached hydrogen (secondary N) is 2. The van der Waals surface area contributed by atoms with Crippen molar-refractivity contribution < 1.29 is 23.4 Å². The average Bonchev–Trinajstić information content (AvgIpc) is 2.99. The molecule has 148 valence electrons. The average molecular weight is 388 g/mol. The molecule has 2 unspecified atom stereocenters. The molecule has 0 saturated carbocycles. The van der Waals surface area contributed by atoms with Gasteiger partial charge in [-0.05, 0) is 43.5 Å². The molecule has 0 aromatic heterocycles. The summed E-state index contributed by atoms with van der Waals surface area (Å²) in [7, 11) is 0. The Morgan fingerprint density at radius 3 is 2.79 bits per heavy atom. The Hall–Kier alpha value is -2.67. The topological polar surface area (TPSA) is 70.6 Å². The van der Waals surface area contributed by atoms with Gasteiger partial charge in [0.15, 0.2) is 11.6 Å². The summed E-state index contributed by atoms with van der Waals surface area (Å²) in [4.78, 5) is 12.6. The van der Waals surface area contributed by atoms with E-state index in [2.05, 4.69) is 10.6 Å². The molecule has 0 saturated heterocycles. The molecule has 5 nitrogen and oxygen atoms in total. The van der Waals surface area contributed by atoms with Crippen molar-refractivity contribution in [2.45, 2.75) is 50.9 Å². The molecule has 2 aromatic carbocycles. The van der Waals surface area contributed by atoms with E-state index in [9.17, 15) is 18.7 Å². The number of amides is 2. The number of carbonyl (C=O) groups excluding carboxylic acids is 1. The number of aliphatic hydroxyl groups is 1. The number of anilines is 1. The molecular formula is C21H22F2N2O3. The molecule has 0 spiro atoms. The minimum atomic E-state index is -1.05. The highest BCUT2D eigenvalue weighted by Crippen LogP contribution is 2.41. The van der Waals surface area contributed by atoms with Crippen LogP contribution in [0.4, 0.5) is 19.3 Å².